The first-order valence-electron chi connectivity index (χ1n) is 8.34. The van der Waals surface area contributed by atoms with Crippen molar-refractivity contribution in [2.24, 2.45) is 5.92 Å². The molecule has 0 spiro atoms. The van der Waals surface area contributed by atoms with E-state index in [2.05, 4.69) is 54.5 Å². The average Bonchev–Trinajstić information content (AvgIpc) is 2.94. The third kappa shape index (κ3) is 3.98. The number of nitrogens with one attached hydrogen (secondary N) is 1. The number of nitrogens with zero attached hydrogens (tertiary/aromatic N) is 1. The highest BCUT2D eigenvalue weighted by Gasteiger charge is 2.41. The lowest BCUT2D eigenvalue weighted by molar-refractivity contribution is 0.120. The summed E-state index contributed by atoms with van der Waals surface area (Å²) in [6.07, 6.45) is 5.85. The normalized spacial score (nSPS) is 25.2. The summed E-state index contributed by atoms with van der Waals surface area (Å²) < 4.78 is 0. The molecule has 0 bridgehead atoms. The molecule has 1 aromatic rings. The van der Waals surface area contributed by atoms with Gasteiger partial charge in [0.25, 0.3) is 0 Å². The second-order valence-corrected chi connectivity index (χ2v) is 6.38. The van der Waals surface area contributed by atoms with E-state index in [0.717, 1.165) is 32.4 Å². The molecule has 2 N–H and O–H groups in total. The number of anilines is 1. The zero-order valence-electron chi connectivity index (χ0n) is 13.5. The van der Waals surface area contributed by atoms with Gasteiger partial charge in [0.2, 0.25) is 0 Å². The Balaban J connectivity index is 1.91. The minimum atomic E-state index is -0.0342. The number of rotatable bonds is 8. The maximum atomic E-state index is 9.92. The van der Waals surface area contributed by atoms with Gasteiger partial charge in [-0.15, -0.1) is 0 Å². The van der Waals surface area contributed by atoms with Crippen LogP contribution in [-0.4, -0.2) is 37.4 Å². The van der Waals surface area contributed by atoms with Crippen molar-refractivity contribution >= 4 is 5.69 Å². The van der Waals surface area contributed by atoms with E-state index in [4.69, 9.17) is 0 Å². The zero-order chi connectivity index (χ0) is 15.1. The molecule has 0 aromatic heterocycles. The van der Waals surface area contributed by atoms with Crippen molar-refractivity contribution in [3.8, 4) is 0 Å². The SMILES string of the molecule is CCCNC1(CO)CCCC1CCN(C)c1ccccc1. The molecule has 0 saturated heterocycles. The van der Waals surface area contributed by atoms with Gasteiger partial charge in [0.1, 0.15) is 0 Å². The molecule has 0 aliphatic heterocycles. The molecular formula is C18H30N2O. The van der Waals surface area contributed by atoms with Gasteiger partial charge in [0, 0.05) is 24.8 Å². The molecule has 0 amide bonds. The average molecular weight is 290 g/mol. The predicted molar refractivity (Wildman–Crippen MR) is 89.8 cm³/mol. The summed E-state index contributed by atoms with van der Waals surface area (Å²) in [7, 11) is 2.16. The van der Waals surface area contributed by atoms with Crippen LogP contribution in [0, 0.1) is 5.92 Å². The molecule has 2 rings (SSSR count). The van der Waals surface area contributed by atoms with E-state index < -0.39 is 0 Å². The minimum absolute atomic E-state index is 0.0342. The molecule has 1 saturated carbocycles. The van der Waals surface area contributed by atoms with Crippen LogP contribution in [0.25, 0.3) is 0 Å². The van der Waals surface area contributed by atoms with Crippen LogP contribution in [-0.2, 0) is 0 Å². The van der Waals surface area contributed by atoms with Crippen LogP contribution in [0.1, 0.15) is 39.0 Å². The summed E-state index contributed by atoms with van der Waals surface area (Å²) in [4.78, 5) is 2.32. The van der Waals surface area contributed by atoms with E-state index >= 15 is 0 Å². The number of aliphatic hydroxyl groups is 1. The van der Waals surface area contributed by atoms with E-state index in [1.807, 2.05) is 0 Å². The van der Waals surface area contributed by atoms with Gasteiger partial charge in [-0.25, -0.2) is 0 Å². The number of hydrogen-bond donors (Lipinski definition) is 2. The lowest BCUT2D eigenvalue weighted by atomic mass is 9.85. The quantitative estimate of drug-likeness (QED) is 0.772. The molecule has 3 nitrogen and oxygen atoms in total. The monoisotopic (exact) mass is 290 g/mol. The Morgan fingerprint density at radius 3 is 2.76 bits per heavy atom. The van der Waals surface area contributed by atoms with Gasteiger partial charge in [0.05, 0.1) is 6.61 Å². The first-order chi connectivity index (χ1) is 10.2. The summed E-state index contributed by atoms with van der Waals surface area (Å²) >= 11 is 0. The lowest BCUT2D eigenvalue weighted by Crippen LogP contribution is -2.52. The van der Waals surface area contributed by atoms with Crippen molar-refractivity contribution in [1.82, 2.24) is 5.32 Å². The highest BCUT2D eigenvalue weighted by Crippen LogP contribution is 2.38. The molecule has 2 unspecified atom stereocenters. The fourth-order valence-electron chi connectivity index (χ4n) is 3.60. The van der Waals surface area contributed by atoms with E-state index in [-0.39, 0.29) is 12.1 Å². The summed E-state index contributed by atoms with van der Waals surface area (Å²) in [5.74, 6) is 0.584. The van der Waals surface area contributed by atoms with E-state index in [0.29, 0.717) is 5.92 Å². The van der Waals surface area contributed by atoms with Crippen LogP contribution in [0.3, 0.4) is 0 Å². The van der Waals surface area contributed by atoms with Crippen molar-refractivity contribution < 1.29 is 5.11 Å². The molecule has 0 heterocycles. The fraction of sp³-hybridized carbons (Fsp3) is 0.667. The molecule has 0 radical (unpaired) electrons. The van der Waals surface area contributed by atoms with Crippen LogP contribution < -0.4 is 10.2 Å². The first-order valence-corrected chi connectivity index (χ1v) is 8.34. The predicted octanol–water partition coefficient (Wildman–Crippen LogP) is 3.04. The maximum absolute atomic E-state index is 9.92. The van der Waals surface area contributed by atoms with Gasteiger partial charge in [0.15, 0.2) is 0 Å². The molecule has 1 aliphatic carbocycles. The molecule has 1 fully saturated rings. The molecule has 2 atom stereocenters. The third-order valence-electron chi connectivity index (χ3n) is 4.98. The Morgan fingerprint density at radius 2 is 2.10 bits per heavy atom. The van der Waals surface area contributed by atoms with Crippen LogP contribution in [0.2, 0.25) is 0 Å². The van der Waals surface area contributed by atoms with Crippen molar-refractivity contribution in [2.45, 2.75) is 44.6 Å². The van der Waals surface area contributed by atoms with Crippen molar-refractivity contribution in [1.29, 1.82) is 0 Å². The molecule has 3 heteroatoms. The van der Waals surface area contributed by atoms with E-state index in [9.17, 15) is 5.11 Å². The van der Waals surface area contributed by atoms with E-state index in [1.165, 1.54) is 18.5 Å². The van der Waals surface area contributed by atoms with Gasteiger partial charge >= 0.3 is 0 Å². The van der Waals surface area contributed by atoms with Crippen LogP contribution in [0.4, 0.5) is 5.69 Å². The summed E-state index contributed by atoms with van der Waals surface area (Å²) in [5.41, 5.74) is 1.24. The molecular weight excluding hydrogens is 260 g/mol. The fourth-order valence-corrected chi connectivity index (χ4v) is 3.60. The Kier molecular flexibility index (Phi) is 6.07. The maximum Gasteiger partial charge on any atom is 0.0616 e. The standard InChI is InChI=1S/C18H30N2O/c1-3-13-19-18(15-21)12-7-8-16(18)11-14-20(2)17-9-5-4-6-10-17/h4-6,9-10,16,19,21H,3,7-8,11-15H2,1-2H3. The van der Waals surface area contributed by atoms with Crippen molar-refractivity contribution in [3.05, 3.63) is 30.3 Å². The molecule has 1 aliphatic rings. The first kappa shape index (κ1) is 16.3. The number of hydrogen-bond acceptors (Lipinski definition) is 3. The van der Waals surface area contributed by atoms with Gasteiger partial charge < -0.3 is 15.3 Å². The molecule has 118 valence electrons. The Morgan fingerprint density at radius 1 is 1.33 bits per heavy atom. The Bertz CT molecular complexity index is 409. The van der Waals surface area contributed by atoms with Crippen LogP contribution in [0.5, 0.6) is 0 Å². The van der Waals surface area contributed by atoms with Crippen molar-refractivity contribution in [3.63, 3.8) is 0 Å². The summed E-state index contributed by atoms with van der Waals surface area (Å²) in [6, 6.07) is 10.5. The van der Waals surface area contributed by atoms with Crippen molar-refractivity contribution in [2.75, 3.05) is 31.6 Å². The Labute approximate surface area is 129 Å². The van der Waals surface area contributed by atoms with E-state index in [1.54, 1.807) is 0 Å². The highest BCUT2D eigenvalue weighted by atomic mass is 16.3. The topological polar surface area (TPSA) is 35.5 Å². The summed E-state index contributed by atoms with van der Waals surface area (Å²) in [5, 5.41) is 13.6. The lowest BCUT2D eigenvalue weighted by Gasteiger charge is -2.36. The van der Waals surface area contributed by atoms with Gasteiger partial charge in [-0.3, -0.25) is 0 Å². The third-order valence-corrected chi connectivity index (χ3v) is 4.98. The van der Waals surface area contributed by atoms with Crippen LogP contribution in [0.15, 0.2) is 30.3 Å². The Hall–Kier alpha value is -1.06. The summed E-state index contributed by atoms with van der Waals surface area (Å²) in [6.45, 7) is 4.51. The minimum Gasteiger partial charge on any atom is -0.394 e. The zero-order valence-corrected chi connectivity index (χ0v) is 13.5. The molecule has 21 heavy (non-hydrogen) atoms. The van der Waals surface area contributed by atoms with Crippen LogP contribution >= 0.6 is 0 Å². The van der Waals surface area contributed by atoms with Gasteiger partial charge in [-0.05, 0) is 50.3 Å². The number of benzene rings is 1. The molecule has 1 aromatic carbocycles. The number of para-hydroxylation sites is 1. The van der Waals surface area contributed by atoms with Gasteiger partial charge in [-0.1, -0.05) is 31.5 Å². The second kappa shape index (κ2) is 7.81. The highest BCUT2D eigenvalue weighted by molar-refractivity contribution is 5.44. The smallest absolute Gasteiger partial charge is 0.0616 e. The number of aliphatic hydroxyl groups excluding tert-OH is 1. The second-order valence-electron chi connectivity index (χ2n) is 6.38. The van der Waals surface area contributed by atoms with Gasteiger partial charge in [-0.2, -0.15) is 0 Å². The largest absolute Gasteiger partial charge is 0.394 e.